The van der Waals surface area contributed by atoms with E-state index in [2.05, 4.69) is 40.0 Å². The molecule has 2 atom stereocenters. The molecule has 2 rings (SSSR count). The molecule has 1 aliphatic heterocycles. The van der Waals surface area contributed by atoms with E-state index in [1.54, 1.807) is 6.07 Å². The average molecular weight is 329 g/mol. The van der Waals surface area contributed by atoms with Gasteiger partial charge in [0, 0.05) is 35.2 Å². The van der Waals surface area contributed by atoms with Gasteiger partial charge in [0.15, 0.2) is 0 Å². The van der Waals surface area contributed by atoms with Crippen LogP contribution >= 0.6 is 15.9 Å². The topological polar surface area (TPSA) is 15.3 Å². The second kappa shape index (κ2) is 6.82. The number of nitrogens with zero attached hydrogens (tertiary/aromatic N) is 1. The molecule has 1 N–H and O–H groups in total. The van der Waals surface area contributed by atoms with Gasteiger partial charge in [-0.15, -0.1) is 0 Å². The van der Waals surface area contributed by atoms with Crippen LogP contribution < -0.4 is 5.32 Å². The molecule has 2 unspecified atom stereocenters. The monoisotopic (exact) mass is 328 g/mol. The van der Waals surface area contributed by atoms with Crippen LogP contribution in [0, 0.1) is 5.82 Å². The summed E-state index contributed by atoms with van der Waals surface area (Å²) in [6.45, 7) is 7.16. The van der Waals surface area contributed by atoms with Crippen molar-refractivity contribution in [1.29, 1.82) is 0 Å². The first kappa shape index (κ1) is 14.9. The molecule has 1 heterocycles. The molecule has 0 saturated carbocycles. The van der Waals surface area contributed by atoms with Gasteiger partial charge in [0.25, 0.3) is 0 Å². The SMILES string of the molecule is CCC1CN(Cc2cc(Br)ccc2F)C(C)CCN1. The lowest BCUT2D eigenvalue weighted by molar-refractivity contribution is 0.192. The first-order valence-corrected chi connectivity index (χ1v) is 7.80. The van der Waals surface area contributed by atoms with Crippen molar-refractivity contribution in [3.8, 4) is 0 Å². The molecule has 1 aromatic rings. The molecule has 19 heavy (non-hydrogen) atoms. The van der Waals surface area contributed by atoms with Gasteiger partial charge < -0.3 is 5.32 Å². The van der Waals surface area contributed by atoms with Gasteiger partial charge >= 0.3 is 0 Å². The molecule has 1 saturated heterocycles. The average Bonchev–Trinajstić information content (AvgIpc) is 2.56. The van der Waals surface area contributed by atoms with Crippen molar-refractivity contribution in [2.75, 3.05) is 13.1 Å². The minimum Gasteiger partial charge on any atom is -0.313 e. The second-order valence-corrected chi connectivity index (χ2v) is 6.28. The summed E-state index contributed by atoms with van der Waals surface area (Å²) in [7, 11) is 0. The van der Waals surface area contributed by atoms with E-state index >= 15 is 0 Å². The summed E-state index contributed by atoms with van der Waals surface area (Å²) in [4.78, 5) is 2.39. The number of benzene rings is 1. The standard InChI is InChI=1S/C15H22BrFN2/c1-3-14-10-19(11(2)6-7-18-14)9-12-8-13(16)4-5-15(12)17/h4-5,8,11,14,18H,3,6-7,9-10H2,1-2H3. The Morgan fingerprint density at radius 2 is 2.26 bits per heavy atom. The summed E-state index contributed by atoms with van der Waals surface area (Å²) in [5, 5.41) is 3.56. The Morgan fingerprint density at radius 3 is 3.00 bits per heavy atom. The highest BCUT2D eigenvalue weighted by Gasteiger charge is 2.22. The molecule has 0 bridgehead atoms. The van der Waals surface area contributed by atoms with Crippen LogP contribution in [0.3, 0.4) is 0 Å². The molecule has 106 valence electrons. The molecule has 0 radical (unpaired) electrons. The van der Waals surface area contributed by atoms with Crippen molar-refractivity contribution in [2.45, 2.75) is 45.3 Å². The summed E-state index contributed by atoms with van der Waals surface area (Å²) in [6.07, 6.45) is 2.23. The lowest BCUT2D eigenvalue weighted by atomic mass is 10.1. The summed E-state index contributed by atoms with van der Waals surface area (Å²) in [5.41, 5.74) is 0.776. The Labute approximate surface area is 123 Å². The Bertz CT molecular complexity index is 425. The van der Waals surface area contributed by atoms with E-state index in [0.717, 1.165) is 36.0 Å². The number of nitrogens with one attached hydrogen (secondary N) is 1. The minimum atomic E-state index is -0.111. The molecular formula is C15H22BrFN2. The van der Waals surface area contributed by atoms with Gasteiger partial charge in [-0.1, -0.05) is 22.9 Å². The minimum absolute atomic E-state index is 0.111. The van der Waals surface area contributed by atoms with Crippen LogP contribution in [0.4, 0.5) is 4.39 Å². The number of hydrogen-bond donors (Lipinski definition) is 1. The Hall–Kier alpha value is -0.450. The highest BCUT2D eigenvalue weighted by atomic mass is 79.9. The lowest BCUT2D eigenvalue weighted by Gasteiger charge is -2.29. The van der Waals surface area contributed by atoms with E-state index < -0.39 is 0 Å². The Morgan fingerprint density at radius 1 is 1.47 bits per heavy atom. The molecule has 1 fully saturated rings. The van der Waals surface area contributed by atoms with Crippen LogP contribution in [0.25, 0.3) is 0 Å². The molecular weight excluding hydrogens is 307 g/mol. The maximum atomic E-state index is 13.9. The van der Waals surface area contributed by atoms with Gasteiger partial charge in [0.05, 0.1) is 0 Å². The van der Waals surface area contributed by atoms with Crippen LogP contribution in [-0.4, -0.2) is 30.1 Å². The predicted octanol–water partition coefficient (Wildman–Crippen LogP) is 3.55. The van der Waals surface area contributed by atoms with Gasteiger partial charge in [-0.25, -0.2) is 4.39 Å². The highest BCUT2D eigenvalue weighted by Crippen LogP contribution is 2.20. The zero-order valence-corrected chi connectivity index (χ0v) is 13.2. The predicted molar refractivity (Wildman–Crippen MR) is 80.7 cm³/mol. The number of hydrogen-bond acceptors (Lipinski definition) is 2. The van der Waals surface area contributed by atoms with Crippen molar-refractivity contribution in [2.24, 2.45) is 0 Å². The fraction of sp³-hybridized carbons (Fsp3) is 0.600. The van der Waals surface area contributed by atoms with E-state index in [1.807, 2.05) is 6.07 Å². The van der Waals surface area contributed by atoms with Crippen molar-refractivity contribution >= 4 is 15.9 Å². The summed E-state index contributed by atoms with van der Waals surface area (Å²) < 4.78 is 14.8. The largest absolute Gasteiger partial charge is 0.313 e. The van der Waals surface area contributed by atoms with Crippen LogP contribution in [0.5, 0.6) is 0 Å². The van der Waals surface area contributed by atoms with Gasteiger partial charge in [-0.2, -0.15) is 0 Å². The van der Waals surface area contributed by atoms with Crippen molar-refractivity contribution in [3.05, 3.63) is 34.1 Å². The van der Waals surface area contributed by atoms with Gasteiger partial charge in [0.1, 0.15) is 5.82 Å². The van der Waals surface area contributed by atoms with E-state index in [0.29, 0.717) is 18.6 Å². The second-order valence-electron chi connectivity index (χ2n) is 5.36. The Kier molecular flexibility index (Phi) is 5.37. The third kappa shape index (κ3) is 4.01. The van der Waals surface area contributed by atoms with E-state index in [9.17, 15) is 4.39 Å². The molecule has 0 spiro atoms. The van der Waals surface area contributed by atoms with E-state index in [1.165, 1.54) is 6.07 Å². The normalized spacial score (nSPS) is 25.3. The lowest BCUT2D eigenvalue weighted by Crippen LogP contribution is -2.39. The van der Waals surface area contributed by atoms with Crippen LogP contribution in [0.15, 0.2) is 22.7 Å². The summed E-state index contributed by atoms with van der Waals surface area (Å²) >= 11 is 3.42. The highest BCUT2D eigenvalue weighted by molar-refractivity contribution is 9.10. The molecule has 0 aliphatic carbocycles. The summed E-state index contributed by atoms with van der Waals surface area (Å²) in [5.74, 6) is -0.111. The van der Waals surface area contributed by atoms with Crippen LogP contribution in [0.1, 0.15) is 32.3 Å². The first-order valence-electron chi connectivity index (χ1n) is 7.01. The molecule has 4 heteroatoms. The first-order chi connectivity index (χ1) is 9.10. The zero-order chi connectivity index (χ0) is 13.8. The van der Waals surface area contributed by atoms with Crippen molar-refractivity contribution < 1.29 is 4.39 Å². The maximum absolute atomic E-state index is 13.9. The van der Waals surface area contributed by atoms with Crippen molar-refractivity contribution in [1.82, 2.24) is 10.2 Å². The summed E-state index contributed by atoms with van der Waals surface area (Å²) in [6, 6.07) is 6.18. The van der Waals surface area contributed by atoms with Gasteiger partial charge in [0.2, 0.25) is 0 Å². The molecule has 1 aliphatic rings. The third-order valence-corrected chi connectivity index (χ3v) is 4.44. The number of rotatable bonds is 3. The molecule has 2 nitrogen and oxygen atoms in total. The fourth-order valence-corrected chi connectivity index (χ4v) is 2.99. The van der Waals surface area contributed by atoms with Gasteiger partial charge in [-0.3, -0.25) is 4.90 Å². The van der Waals surface area contributed by atoms with E-state index in [-0.39, 0.29) is 5.82 Å². The van der Waals surface area contributed by atoms with Crippen molar-refractivity contribution in [3.63, 3.8) is 0 Å². The maximum Gasteiger partial charge on any atom is 0.127 e. The van der Waals surface area contributed by atoms with Crippen LogP contribution in [-0.2, 0) is 6.54 Å². The number of halogens is 2. The smallest absolute Gasteiger partial charge is 0.127 e. The molecule has 1 aromatic carbocycles. The van der Waals surface area contributed by atoms with Gasteiger partial charge in [-0.05, 0) is 44.5 Å². The van der Waals surface area contributed by atoms with Crippen LogP contribution in [0.2, 0.25) is 0 Å². The molecule has 0 aromatic heterocycles. The molecule has 0 amide bonds. The zero-order valence-electron chi connectivity index (χ0n) is 11.6. The third-order valence-electron chi connectivity index (χ3n) is 3.95. The Balaban J connectivity index is 2.12. The quantitative estimate of drug-likeness (QED) is 0.912. The van der Waals surface area contributed by atoms with E-state index in [4.69, 9.17) is 0 Å². The fourth-order valence-electron chi connectivity index (χ4n) is 2.58.